The van der Waals surface area contributed by atoms with Crippen LogP contribution in [-0.4, -0.2) is 18.4 Å². The second kappa shape index (κ2) is 4.55. The molecule has 0 aliphatic carbocycles. The fraction of sp³-hybridized carbons (Fsp3) is 0.583. The van der Waals surface area contributed by atoms with Crippen LogP contribution in [0.3, 0.4) is 0 Å². The Balaban J connectivity index is 2.61. The molecule has 0 aliphatic rings. The first-order valence-electron chi connectivity index (χ1n) is 5.50. The molecule has 90 valence electrons. The first kappa shape index (κ1) is 13.2. The van der Waals surface area contributed by atoms with Gasteiger partial charge in [-0.25, -0.2) is 0 Å². The highest BCUT2D eigenvalue weighted by Gasteiger charge is 2.37. The highest BCUT2D eigenvalue weighted by atomic mass is 28.4. The van der Waals surface area contributed by atoms with Crippen molar-refractivity contribution in [1.82, 2.24) is 4.98 Å². The Morgan fingerprint density at radius 1 is 1.31 bits per heavy atom. The van der Waals surface area contributed by atoms with E-state index >= 15 is 0 Å². The van der Waals surface area contributed by atoms with Gasteiger partial charge in [0.1, 0.15) is 5.75 Å². The van der Waals surface area contributed by atoms with E-state index in [9.17, 15) is 0 Å². The summed E-state index contributed by atoms with van der Waals surface area (Å²) in [5, 5.41) is 9.33. The Labute approximate surface area is 98.6 Å². The molecule has 0 unspecified atom stereocenters. The fourth-order valence-electron chi connectivity index (χ4n) is 0.973. The molecule has 0 aliphatic heterocycles. The largest absolute Gasteiger partial charge is 0.506 e. The van der Waals surface area contributed by atoms with E-state index in [1.165, 1.54) is 6.20 Å². The number of aromatic nitrogens is 1. The van der Waals surface area contributed by atoms with Gasteiger partial charge in [0.15, 0.2) is 8.32 Å². The molecule has 1 N–H and O–H groups in total. The smallest absolute Gasteiger partial charge is 0.192 e. The average Bonchev–Trinajstić information content (AvgIpc) is 2.15. The van der Waals surface area contributed by atoms with Gasteiger partial charge in [0.2, 0.25) is 0 Å². The van der Waals surface area contributed by atoms with Gasteiger partial charge in [-0.2, -0.15) is 0 Å². The van der Waals surface area contributed by atoms with Gasteiger partial charge in [-0.15, -0.1) is 0 Å². The lowest BCUT2D eigenvalue weighted by molar-refractivity contribution is 0.272. The zero-order valence-electron chi connectivity index (χ0n) is 10.7. The molecule has 1 aromatic heterocycles. The van der Waals surface area contributed by atoms with Gasteiger partial charge in [0, 0.05) is 0 Å². The zero-order chi connectivity index (χ0) is 12.4. The Hall–Kier alpha value is -0.873. The van der Waals surface area contributed by atoms with Gasteiger partial charge in [-0.05, 0) is 30.3 Å². The van der Waals surface area contributed by atoms with Crippen molar-refractivity contribution in [1.29, 1.82) is 0 Å². The van der Waals surface area contributed by atoms with Crippen LogP contribution >= 0.6 is 0 Å². The molecular weight excluding hydrogens is 218 g/mol. The molecule has 0 atom stereocenters. The van der Waals surface area contributed by atoms with Crippen molar-refractivity contribution in [2.24, 2.45) is 0 Å². The third-order valence-corrected chi connectivity index (χ3v) is 7.67. The lowest BCUT2D eigenvalue weighted by atomic mass is 10.2. The minimum atomic E-state index is -1.70. The molecule has 0 fully saturated rings. The Kier molecular flexibility index (Phi) is 3.75. The molecule has 4 heteroatoms. The summed E-state index contributed by atoms with van der Waals surface area (Å²) in [6.45, 7) is 11.6. The molecule has 1 aromatic rings. The van der Waals surface area contributed by atoms with E-state index in [2.05, 4.69) is 38.8 Å². The number of nitrogens with zero attached hydrogens (tertiary/aromatic N) is 1. The quantitative estimate of drug-likeness (QED) is 0.823. The SMILES string of the molecule is CC(C)(C)[Si](C)(C)OCc1ccc(O)cn1. The molecule has 1 rings (SSSR count). The van der Waals surface area contributed by atoms with E-state index in [1.54, 1.807) is 12.1 Å². The van der Waals surface area contributed by atoms with E-state index in [0.29, 0.717) is 6.61 Å². The maximum atomic E-state index is 9.12. The maximum Gasteiger partial charge on any atom is 0.192 e. The summed E-state index contributed by atoms with van der Waals surface area (Å²) in [6, 6.07) is 3.43. The van der Waals surface area contributed by atoms with Crippen LogP contribution in [0.2, 0.25) is 18.1 Å². The van der Waals surface area contributed by atoms with Crippen molar-refractivity contribution in [2.45, 2.75) is 45.5 Å². The number of hydrogen-bond acceptors (Lipinski definition) is 3. The van der Waals surface area contributed by atoms with E-state index in [-0.39, 0.29) is 10.8 Å². The number of hydrogen-bond donors (Lipinski definition) is 1. The molecule has 0 spiro atoms. The number of rotatable bonds is 3. The first-order valence-corrected chi connectivity index (χ1v) is 8.41. The van der Waals surface area contributed by atoms with Crippen LogP contribution in [-0.2, 0) is 11.0 Å². The zero-order valence-corrected chi connectivity index (χ0v) is 11.7. The second-order valence-electron chi connectivity index (χ2n) is 5.56. The van der Waals surface area contributed by atoms with Gasteiger partial charge in [0.05, 0.1) is 18.5 Å². The molecule has 0 saturated carbocycles. The van der Waals surface area contributed by atoms with Crippen LogP contribution in [0.25, 0.3) is 0 Å². The standard InChI is InChI=1S/C12H21NO2Si/c1-12(2,3)16(4,5)15-9-10-6-7-11(14)8-13-10/h6-8,14H,9H2,1-5H3. The predicted molar refractivity (Wildman–Crippen MR) is 67.9 cm³/mol. The maximum absolute atomic E-state index is 9.12. The molecular formula is C12H21NO2Si. The molecule has 16 heavy (non-hydrogen) atoms. The van der Waals surface area contributed by atoms with E-state index in [0.717, 1.165) is 5.69 Å². The van der Waals surface area contributed by atoms with Crippen molar-refractivity contribution in [3.8, 4) is 5.75 Å². The minimum Gasteiger partial charge on any atom is -0.506 e. The van der Waals surface area contributed by atoms with Crippen LogP contribution < -0.4 is 0 Å². The van der Waals surface area contributed by atoms with Crippen LogP contribution in [0.1, 0.15) is 26.5 Å². The van der Waals surface area contributed by atoms with Gasteiger partial charge in [-0.3, -0.25) is 4.98 Å². The summed E-state index contributed by atoms with van der Waals surface area (Å²) in [7, 11) is -1.70. The Bertz CT molecular complexity index is 341. The Morgan fingerprint density at radius 2 is 1.94 bits per heavy atom. The number of aromatic hydroxyl groups is 1. The molecule has 0 aromatic carbocycles. The highest BCUT2D eigenvalue weighted by molar-refractivity contribution is 6.74. The van der Waals surface area contributed by atoms with Crippen molar-refractivity contribution in [2.75, 3.05) is 0 Å². The van der Waals surface area contributed by atoms with Crippen molar-refractivity contribution in [3.63, 3.8) is 0 Å². The molecule has 0 radical (unpaired) electrons. The summed E-state index contributed by atoms with van der Waals surface area (Å²) in [4.78, 5) is 4.11. The van der Waals surface area contributed by atoms with Crippen LogP contribution in [0.5, 0.6) is 5.75 Å². The van der Waals surface area contributed by atoms with Crippen molar-refractivity contribution >= 4 is 8.32 Å². The topological polar surface area (TPSA) is 42.4 Å². The summed E-state index contributed by atoms with van der Waals surface area (Å²) < 4.78 is 6.01. The summed E-state index contributed by atoms with van der Waals surface area (Å²) in [5.74, 6) is 0.191. The summed E-state index contributed by atoms with van der Waals surface area (Å²) in [6.07, 6.45) is 1.45. The van der Waals surface area contributed by atoms with Gasteiger partial charge < -0.3 is 9.53 Å². The van der Waals surface area contributed by atoms with Crippen LogP contribution in [0.15, 0.2) is 18.3 Å². The van der Waals surface area contributed by atoms with Crippen molar-refractivity contribution < 1.29 is 9.53 Å². The van der Waals surface area contributed by atoms with Gasteiger partial charge in [-0.1, -0.05) is 20.8 Å². The normalized spacial score (nSPS) is 12.8. The van der Waals surface area contributed by atoms with E-state index in [1.807, 2.05) is 0 Å². The lowest BCUT2D eigenvalue weighted by Crippen LogP contribution is -2.40. The number of pyridine rings is 1. The molecule has 0 amide bonds. The fourth-order valence-corrected chi connectivity index (χ4v) is 1.91. The lowest BCUT2D eigenvalue weighted by Gasteiger charge is -2.36. The first-order chi connectivity index (χ1) is 7.22. The third kappa shape index (κ3) is 3.32. The van der Waals surface area contributed by atoms with Gasteiger partial charge in [0.25, 0.3) is 0 Å². The molecule has 0 bridgehead atoms. The van der Waals surface area contributed by atoms with Crippen LogP contribution in [0.4, 0.5) is 0 Å². The predicted octanol–water partition coefficient (Wildman–Crippen LogP) is 3.31. The monoisotopic (exact) mass is 239 g/mol. The third-order valence-electron chi connectivity index (χ3n) is 3.20. The highest BCUT2D eigenvalue weighted by Crippen LogP contribution is 2.36. The molecule has 3 nitrogen and oxygen atoms in total. The Morgan fingerprint density at radius 3 is 2.38 bits per heavy atom. The average molecular weight is 239 g/mol. The summed E-state index contributed by atoms with van der Waals surface area (Å²) >= 11 is 0. The van der Waals surface area contributed by atoms with E-state index in [4.69, 9.17) is 9.53 Å². The molecule has 0 saturated heterocycles. The minimum absolute atomic E-state index is 0.191. The van der Waals surface area contributed by atoms with Crippen molar-refractivity contribution in [3.05, 3.63) is 24.0 Å². The summed E-state index contributed by atoms with van der Waals surface area (Å²) in [5.41, 5.74) is 0.864. The second-order valence-corrected chi connectivity index (χ2v) is 10.4. The van der Waals surface area contributed by atoms with E-state index < -0.39 is 8.32 Å². The van der Waals surface area contributed by atoms with Gasteiger partial charge >= 0.3 is 0 Å². The van der Waals surface area contributed by atoms with Crippen LogP contribution in [0, 0.1) is 0 Å². The molecule has 1 heterocycles.